The molecule has 0 aliphatic carbocycles. The Kier molecular flexibility index (Phi) is 2.99. The van der Waals surface area contributed by atoms with Gasteiger partial charge in [-0.15, -0.1) is 0 Å². The minimum atomic E-state index is -0.142. The fraction of sp³-hybridized carbons (Fsp3) is 0.125. The van der Waals surface area contributed by atoms with Crippen LogP contribution in [0.1, 0.15) is 21.6 Å². The molecule has 100 valence electrons. The summed E-state index contributed by atoms with van der Waals surface area (Å²) in [6.07, 6.45) is 3.47. The molecule has 20 heavy (non-hydrogen) atoms. The lowest BCUT2D eigenvalue weighted by atomic mass is 10.1. The maximum Gasteiger partial charge on any atom is 0.272 e. The number of hydrogen-bond acceptors (Lipinski definition) is 2. The zero-order chi connectivity index (χ0) is 14.1. The number of aryl methyl sites for hydroxylation is 2. The number of pyridine rings is 1. The summed E-state index contributed by atoms with van der Waals surface area (Å²) in [6, 6.07) is 11.4. The van der Waals surface area contributed by atoms with Crippen LogP contribution in [-0.4, -0.2) is 15.3 Å². The third-order valence-electron chi connectivity index (χ3n) is 3.43. The highest BCUT2D eigenvalue weighted by Crippen LogP contribution is 2.15. The Balaban J connectivity index is 1.93. The van der Waals surface area contributed by atoms with Crippen LogP contribution in [-0.2, 0) is 0 Å². The minimum absolute atomic E-state index is 0.142. The molecule has 0 saturated heterocycles. The Bertz CT molecular complexity index is 789. The van der Waals surface area contributed by atoms with E-state index in [1.54, 1.807) is 22.9 Å². The van der Waals surface area contributed by atoms with Crippen molar-refractivity contribution >= 4 is 17.2 Å². The average molecular weight is 265 g/mol. The van der Waals surface area contributed by atoms with Gasteiger partial charge in [0.25, 0.3) is 5.91 Å². The summed E-state index contributed by atoms with van der Waals surface area (Å²) < 4.78 is 1.77. The molecule has 4 heteroatoms. The number of benzene rings is 1. The van der Waals surface area contributed by atoms with E-state index in [9.17, 15) is 4.79 Å². The number of rotatable bonds is 2. The van der Waals surface area contributed by atoms with E-state index in [2.05, 4.69) is 10.3 Å². The summed E-state index contributed by atoms with van der Waals surface area (Å²) in [7, 11) is 0. The Hall–Kier alpha value is -2.62. The van der Waals surface area contributed by atoms with Gasteiger partial charge in [0.15, 0.2) is 0 Å². The van der Waals surface area contributed by atoms with Crippen LogP contribution in [0, 0.1) is 13.8 Å². The molecule has 2 heterocycles. The lowest BCUT2D eigenvalue weighted by Gasteiger charge is -2.09. The van der Waals surface area contributed by atoms with Crippen molar-refractivity contribution in [2.24, 2.45) is 0 Å². The van der Waals surface area contributed by atoms with Crippen LogP contribution in [0.5, 0.6) is 0 Å². The smallest absolute Gasteiger partial charge is 0.272 e. The highest BCUT2D eigenvalue weighted by atomic mass is 16.1. The molecule has 0 spiro atoms. The molecule has 4 nitrogen and oxygen atoms in total. The zero-order valence-corrected chi connectivity index (χ0v) is 11.4. The summed E-state index contributed by atoms with van der Waals surface area (Å²) >= 11 is 0. The Morgan fingerprint density at radius 1 is 1.15 bits per heavy atom. The van der Waals surface area contributed by atoms with Crippen molar-refractivity contribution in [3.05, 3.63) is 65.6 Å². The summed E-state index contributed by atoms with van der Waals surface area (Å²) in [5.41, 5.74) is 4.49. The molecule has 0 aliphatic rings. The molecule has 3 rings (SSSR count). The lowest BCUT2D eigenvalue weighted by molar-refractivity contribution is 0.102. The molecule has 0 radical (unpaired) electrons. The second-order valence-electron chi connectivity index (χ2n) is 4.82. The van der Waals surface area contributed by atoms with Gasteiger partial charge in [-0.05, 0) is 49.2 Å². The molecule has 1 amide bonds. The summed E-state index contributed by atoms with van der Waals surface area (Å²) in [4.78, 5) is 16.5. The van der Waals surface area contributed by atoms with E-state index in [0.717, 1.165) is 16.9 Å². The highest BCUT2D eigenvalue weighted by Gasteiger charge is 2.10. The topological polar surface area (TPSA) is 46.4 Å². The van der Waals surface area contributed by atoms with Crippen LogP contribution < -0.4 is 5.32 Å². The van der Waals surface area contributed by atoms with Gasteiger partial charge in [-0.25, -0.2) is 4.98 Å². The molecule has 1 aromatic carbocycles. The first-order chi connectivity index (χ1) is 9.65. The van der Waals surface area contributed by atoms with Crippen LogP contribution in [0.25, 0.3) is 5.65 Å². The molecular formula is C16H15N3O. The van der Waals surface area contributed by atoms with E-state index in [0.29, 0.717) is 5.69 Å². The third kappa shape index (κ3) is 2.16. The summed E-state index contributed by atoms with van der Waals surface area (Å²) in [5, 5.41) is 2.92. The Morgan fingerprint density at radius 3 is 2.80 bits per heavy atom. The van der Waals surface area contributed by atoms with Gasteiger partial charge in [0, 0.05) is 18.1 Å². The Morgan fingerprint density at radius 2 is 2.00 bits per heavy atom. The van der Waals surface area contributed by atoms with E-state index >= 15 is 0 Å². The number of nitrogens with zero attached hydrogens (tertiary/aromatic N) is 2. The average Bonchev–Trinajstić information content (AvgIpc) is 2.91. The number of anilines is 1. The van der Waals surface area contributed by atoms with E-state index in [-0.39, 0.29) is 5.91 Å². The van der Waals surface area contributed by atoms with Crippen molar-refractivity contribution in [3.63, 3.8) is 0 Å². The fourth-order valence-electron chi connectivity index (χ4n) is 2.15. The number of fused-ring (bicyclic) bond motifs is 1. The second kappa shape index (κ2) is 4.81. The first-order valence-electron chi connectivity index (χ1n) is 6.46. The number of aromatic nitrogens is 2. The number of imidazole rings is 1. The summed E-state index contributed by atoms with van der Waals surface area (Å²) in [6.45, 7) is 4.08. The van der Waals surface area contributed by atoms with E-state index in [1.165, 1.54) is 5.56 Å². The predicted molar refractivity (Wildman–Crippen MR) is 79.1 cm³/mol. The maximum absolute atomic E-state index is 12.4. The van der Waals surface area contributed by atoms with Gasteiger partial charge in [-0.1, -0.05) is 12.1 Å². The molecule has 0 fully saturated rings. The summed E-state index contributed by atoms with van der Waals surface area (Å²) in [5.74, 6) is -0.142. The molecule has 1 N–H and O–H groups in total. The van der Waals surface area contributed by atoms with E-state index in [4.69, 9.17) is 0 Å². The fourth-order valence-corrected chi connectivity index (χ4v) is 2.15. The van der Waals surface area contributed by atoms with Crippen LogP contribution >= 0.6 is 0 Å². The van der Waals surface area contributed by atoms with Crippen molar-refractivity contribution in [1.82, 2.24) is 9.38 Å². The third-order valence-corrected chi connectivity index (χ3v) is 3.43. The molecule has 0 unspecified atom stereocenters. The monoisotopic (exact) mass is 265 g/mol. The molecule has 3 aromatic rings. The SMILES string of the molecule is Cc1ccc(NC(=O)c2cccc3nccn23)cc1C. The first kappa shape index (κ1) is 12.4. The van der Waals surface area contributed by atoms with E-state index < -0.39 is 0 Å². The molecule has 0 saturated carbocycles. The van der Waals surface area contributed by atoms with Crippen LogP contribution in [0.3, 0.4) is 0 Å². The second-order valence-corrected chi connectivity index (χ2v) is 4.82. The number of amides is 1. The van der Waals surface area contributed by atoms with Crippen molar-refractivity contribution in [2.45, 2.75) is 13.8 Å². The Labute approximate surface area is 117 Å². The largest absolute Gasteiger partial charge is 0.321 e. The van der Waals surface area contributed by atoms with Gasteiger partial charge >= 0.3 is 0 Å². The number of carbonyl (C=O) groups excluding carboxylic acids is 1. The zero-order valence-electron chi connectivity index (χ0n) is 11.4. The molecular weight excluding hydrogens is 250 g/mol. The predicted octanol–water partition coefficient (Wildman–Crippen LogP) is 3.20. The first-order valence-corrected chi connectivity index (χ1v) is 6.46. The van der Waals surface area contributed by atoms with Gasteiger partial charge in [0.2, 0.25) is 0 Å². The van der Waals surface area contributed by atoms with Crippen LogP contribution in [0.4, 0.5) is 5.69 Å². The normalized spacial score (nSPS) is 10.7. The standard InChI is InChI=1S/C16H15N3O/c1-11-6-7-13(10-12(11)2)18-16(20)14-4-3-5-15-17-8-9-19(14)15/h3-10H,1-2H3,(H,18,20). The lowest BCUT2D eigenvalue weighted by Crippen LogP contribution is -2.15. The van der Waals surface area contributed by atoms with Gasteiger partial charge in [0.1, 0.15) is 11.3 Å². The van der Waals surface area contributed by atoms with Crippen molar-refractivity contribution in [2.75, 3.05) is 5.32 Å². The number of nitrogens with one attached hydrogen (secondary N) is 1. The number of hydrogen-bond donors (Lipinski definition) is 1. The minimum Gasteiger partial charge on any atom is -0.321 e. The van der Waals surface area contributed by atoms with Gasteiger partial charge in [-0.3, -0.25) is 9.20 Å². The molecule has 0 aliphatic heterocycles. The van der Waals surface area contributed by atoms with Crippen molar-refractivity contribution in [1.29, 1.82) is 0 Å². The maximum atomic E-state index is 12.4. The van der Waals surface area contributed by atoms with Crippen molar-refractivity contribution < 1.29 is 4.79 Å². The van der Waals surface area contributed by atoms with Crippen LogP contribution in [0.2, 0.25) is 0 Å². The van der Waals surface area contributed by atoms with Gasteiger partial charge < -0.3 is 5.32 Å². The quantitative estimate of drug-likeness (QED) is 0.773. The molecule has 0 bridgehead atoms. The highest BCUT2D eigenvalue weighted by molar-refractivity contribution is 6.03. The molecule has 0 atom stereocenters. The van der Waals surface area contributed by atoms with Gasteiger partial charge in [-0.2, -0.15) is 0 Å². The molecule has 2 aromatic heterocycles. The number of carbonyl (C=O) groups is 1. The van der Waals surface area contributed by atoms with E-state index in [1.807, 2.05) is 44.2 Å². The van der Waals surface area contributed by atoms with Crippen molar-refractivity contribution in [3.8, 4) is 0 Å². The van der Waals surface area contributed by atoms with Crippen LogP contribution in [0.15, 0.2) is 48.8 Å². The van der Waals surface area contributed by atoms with Gasteiger partial charge in [0.05, 0.1) is 0 Å².